The molecule has 1 saturated heterocycles. The van der Waals surface area contributed by atoms with Gasteiger partial charge in [-0.2, -0.15) is 0 Å². The molecule has 2 rings (SSSR count). The second-order valence-corrected chi connectivity index (χ2v) is 5.57. The lowest BCUT2D eigenvalue weighted by Crippen LogP contribution is -2.45. The minimum absolute atomic E-state index is 0.0120. The fourth-order valence-corrected chi connectivity index (χ4v) is 3.38. The number of carbonyl (C=O) groups excluding carboxylic acids is 1. The van der Waals surface area contributed by atoms with E-state index in [9.17, 15) is 4.79 Å². The Labute approximate surface area is 110 Å². The Bertz CT molecular complexity index is 320. The summed E-state index contributed by atoms with van der Waals surface area (Å²) in [7, 11) is 0. The van der Waals surface area contributed by atoms with Gasteiger partial charge in [-0.3, -0.25) is 4.79 Å². The van der Waals surface area contributed by atoms with Gasteiger partial charge in [-0.15, -0.1) is 6.42 Å². The van der Waals surface area contributed by atoms with Crippen molar-refractivity contribution in [2.24, 2.45) is 5.92 Å². The molecule has 1 amide bonds. The zero-order valence-corrected chi connectivity index (χ0v) is 11.3. The maximum Gasteiger partial charge on any atom is 0.240 e. The zero-order chi connectivity index (χ0) is 13.0. The summed E-state index contributed by atoms with van der Waals surface area (Å²) in [6, 6.07) is 0.583. The molecule has 0 spiro atoms. The highest BCUT2D eigenvalue weighted by molar-refractivity contribution is 5.82. The third-order valence-corrected chi connectivity index (χ3v) is 4.25. The molecule has 2 fully saturated rings. The van der Waals surface area contributed by atoms with Crippen molar-refractivity contribution in [3.8, 4) is 12.3 Å². The number of fused-ring (bicyclic) bond motifs is 1. The average Bonchev–Trinajstić information content (AvgIpc) is 2.81. The predicted octanol–water partition coefficient (Wildman–Crippen LogP) is 1.78. The molecule has 0 aromatic carbocycles. The van der Waals surface area contributed by atoms with E-state index in [1.54, 1.807) is 0 Å². The molecule has 18 heavy (non-hydrogen) atoms. The van der Waals surface area contributed by atoms with Gasteiger partial charge < -0.3 is 10.2 Å². The molecule has 0 aromatic heterocycles. The molecule has 1 heterocycles. The van der Waals surface area contributed by atoms with Gasteiger partial charge in [0.25, 0.3) is 0 Å². The van der Waals surface area contributed by atoms with Gasteiger partial charge in [0.2, 0.25) is 5.91 Å². The van der Waals surface area contributed by atoms with E-state index >= 15 is 0 Å². The Kier molecular flexibility index (Phi) is 4.66. The van der Waals surface area contributed by atoms with E-state index in [-0.39, 0.29) is 11.9 Å². The summed E-state index contributed by atoms with van der Waals surface area (Å²) >= 11 is 0. The quantitative estimate of drug-likeness (QED) is 0.769. The van der Waals surface area contributed by atoms with Crippen molar-refractivity contribution in [3.63, 3.8) is 0 Å². The van der Waals surface area contributed by atoms with Crippen LogP contribution in [0.5, 0.6) is 0 Å². The van der Waals surface area contributed by atoms with Crippen LogP contribution in [0, 0.1) is 18.3 Å². The largest absolute Gasteiger partial charge is 0.330 e. The monoisotopic (exact) mass is 248 g/mol. The molecule has 0 aromatic rings. The first-order valence-electron chi connectivity index (χ1n) is 7.24. The lowest BCUT2D eigenvalue weighted by atomic mass is 9.85. The molecule has 3 nitrogen and oxygen atoms in total. The van der Waals surface area contributed by atoms with E-state index in [2.05, 4.69) is 18.2 Å². The maximum atomic E-state index is 12.4. The van der Waals surface area contributed by atoms with E-state index in [0.29, 0.717) is 18.5 Å². The summed E-state index contributed by atoms with van der Waals surface area (Å²) in [4.78, 5) is 14.3. The molecule has 0 radical (unpaired) electrons. The second kappa shape index (κ2) is 6.24. The van der Waals surface area contributed by atoms with Crippen LogP contribution in [-0.2, 0) is 4.79 Å². The maximum absolute atomic E-state index is 12.4. The average molecular weight is 248 g/mol. The van der Waals surface area contributed by atoms with Crippen LogP contribution in [0.4, 0.5) is 0 Å². The summed E-state index contributed by atoms with van der Waals surface area (Å²) < 4.78 is 0. The fraction of sp³-hybridized carbons (Fsp3) is 0.800. The van der Waals surface area contributed by atoms with Crippen LogP contribution >= 0.6 is 0 Å². The number of nitrogens with one attached hydrogen (secondary N) is 1. The number of hydrogen-bond acceptors (Lipinski definition) is 2. The smallest absolute Gasteiger partial charge is 0.240 e. The fourth-order valence-electron chi connectivity index (χ4n) is 3.38. The molecular formula is C15H24N2O. The third-order valence-electron chi connectivity index (χ3n) is 4.25. The van der Waals surface area contributed by atoms with Gasteiger partial charge in [-0.1, -0.05) is 25.7 Å². The Morgan fingerprint density at radius 3 is 2.89 bits per heavy atom. The number of amides is 1. The van der Waals surface area contributed by atoms with Crippen molar-refractivity contribution in [1.29, 1.82) is 0 Å². The molecule has 3 heteroatoms. The Balaban J connectivity index is 1.94. The van der Waals surface area contributed by atoms with Crippen LogP contribution in [0.2, 0.25) is 0 Å². The van der Waals surface area contributed by atoms with E-state index in [0.717, 1.165) is 19.4 Å². The summed E-state index contributed by atoms with van der Waals surface area (Å²) in [5, 5.41) is 3.53. The third kappa shape index (κ3) is 2.87. The van der Waals surface area contributed by atoms with Gasteiger partial charge >= 0.3 is 0 Å². The number of hydrogen-bond donors (Lipinski definition) is 1. The van der Waals surface area contributed by atoms with E-state index < -0.39 is 0 Å². The van der Waals surface area contributed by atoms with Crippen molar-refractivity contribution >= 4 is 5.91 Å². The molecule has 2 aliphatic rings. The minimum atomic E-state index is 0.0120. The highest BCUT2D eigenvalue weighted by Gasteiger charge is 2.39. The number of rotatable bonds is 4. The first kappa shape index (κ1) is 13.4. The number of carbonyl (C=O) groups is 1. The number of nitrogens with zero attached hydrogens (tertiary/aromatic N) is 1. The van der Waals surface area contributed by atoms with Gasteiger partial charge in [0, 0.05) is 12.6 Å². The summed E-state index contributed by atoms with van der Waals surface area (Å²) in [6.45, 7) is 3.30. The van der Waals surface area contributed by atoms with Gasteiger partial charge in [-0.25, -0.2) is 0 Å². The molecule has 1 N–H and O–H groups in total. The normalized spacial score (nSPS) is 30.6. The first-order valence-corrected chi connectivity index (χ1v) is 7.24. The molecular weight excluding hydrogens is 224 g/mol. The predicted molar refractivity (Wildman–Crippen MR) is 73.0 cm³/mol. The van der Waals surface area contributed by atoms with Crippen LogP contribution in [-0.4, -0.2) is 36.0 Å². The van der Waals surface area contributed by atoms with Crippen molar-refractivity contribution in [1.82, 2.24) is 10.2 Å². The van der Waals surface area contributed by atoms with Crippen molar-refractivity contribution in [3.05, 3.63) is 0 Å². The Hall–Kier alpha value is -1.01. The molecule has 1 aliphatic heterocycles. The van der Waals surface area contributed by atoms with Crippen molar-refractivity contribution in [2.45, 2.75) is 57.5 Å². The van der Waals surface area contributed by atoms with Crippen molar-refractivity contribution in [2.75, 3.05) is 13.1 Å². The lowest BCUT2D eigenvalue weighted by molar-refractivity contribution is -0.132. The highest BCUT2D eigenvalue weighted by Crippen LogP contribution is 2.33. The van der Waals surface area contributed by atoms with Crippen LogP contribution in [0.25, 0.3) is 0 Å². The minimum Gasteiger partial charge on any atom is -0.330 e. The van der Waals surface area contributed by atoms with Gasteiger partial charge in [0.05, 0.1) is 12.6 Å². The molecule has 100 valence electrons. The standard InChI is InChI=1S/C15H24N2O/c1-3-9-17(10-4-2)15(18)14-11-12-7-5-6-8-13(12)16-14/h1,12-14,16H,4-11H2,2H3. The van der Waals surface area contributed by atoms with E-state index in [1.807, 2.05) is 4.90 Å². The molecule has 0 bridgehead atoms. The lowest BCUT2D eigenvalue weighted by Gasteiger charge is -2.24. The molecule has 3 atom stereocenters. The van der Waals surface area contributed by atoms with Gasteiger partial charge in [0.15, 0.2) is 0 Å². The second-order valence-electron chi connectivity index (χ2n) is 5.57. The van der Waals surface area contributed by atoms with E-state index in [4.69, 9.17) is 6.42 Å². The Morgan fingerprint density at radius 1 is 1.44 bits per heavy atom. The van der Waals surface area contributed by atoms with Crippen molar-refractivity contribution < 1.29 is 4.79 Å². The van der Waals surface area contributed by atoms with Crippen LogP contribution in [0.1, 0.15) is 45.4 Å². The van der Waals surface area contributed by atoms with Gasteiger partial charge in [0.1, 0.15) is 0 Å². The first-order chi connectivity index (χ1) is 8.76. The number of terminal acetylenes is 1. The summed E-state index contributed by atoms with van der Waals surface area (Å²) in [5.74, 6) is 3.52. The SMILES string of the molecule is C#CCN(CCC)C(=O)C1CC2CCCCC2N1. The van der Waals surface area contributed by atoms with Gasteiger partial charge in [-0.05, 0) is 31.6 Å². The van der Waals surface area contributed by atoms with E-state index in [1.165, 1.54) is 25.7 Å². The van der Waals surface area contributed by atoms with Crippen LogP contribution < -0.4 is 5.32 Å². The van der Waals surface area contributed by atoms with Crippen LogP contribution in [0.15, 0.2) is 0 Å². The molecule has 3 unspecified atom stereocenters. The Morgan fingerprint density at radius 2 is 2.22 bits per heavy atom. The molecule has 1 aliphatic carbocycles. The topological polar surface area (TPSA) is 32.3 Å². The highest BCUT2D eigenvalue weighted by atomic mass is 16.2. The zero-order valence-electron chi connectivity index (χ0n) is 11.3. The summed E-state index contributed by atoms with van der Waals surface area (Å²) in [6.07, 6.45) is 12.5. The summed E-state index contributed by atoms with van der Waals surface area (Å²) in [5.41, 5.74) is 0. The molecule has 1 saturated carbocycles. The van der Waals surface area contributed by atoms with Crippen LogP contribution in [0.3, 0.4) is 0 Å².